The Kier molecular flexibility index (Phi) is 3.90. The summed E-state index contributed by atoms with van der Waals surface area (Å²) in [5.41, 5.74) is 1.79. The molecular formula is C13H16N2O3S. The predicted molar refractivity (Wildman–Crippen MR) is 74.5 cm³/mol. The highest BCUT2D eigenvalue weighted by atomic mass is 32.2. The van der Waals surface area contributed by atoms with Gasteiger partial charge in [-0.15, -0.1) is 0 Å². The molecule has 1 heterocycles. The summed E-state index contributed by atoms with van der Waals surface area (Å²) in [5, 5.41) is 2.47. The van der Waals surface area contributed by atoms with Crippen molar-refractivity contribution in [3.8, 4) is 0 Å². The lowest BCUT2D eigenvalue weighted by Gasteiger charge is -2.19. The molecule has 102 valence electrons. The van der Waals surface area contributed by atoms with Gasteiger partial charge in [-0.25, -0.2) is 8.42 Å². The second-order valence-electron chi connectivity index (χ2n) is 4.26. The fraction of sp³-hybridized carbons (Fsp3) is 0.308. The number of fused-ring (bicyclic) bond motifs is 1. The molecule has 0 fully saturated rings. The van der Waals surface area contributed by atoms with Crippen LogP contribution in [0.1, 0.15) is 5.56 Å². The van der Waals surface area contributed by atoms with Crippen LogP contribution < -0.4 is 9.62 Å². The summed E-state index contributed by atoms with van der Waals surface area (Å²) in [4.78, 5) is 11.0. The Bertz CT molecular complexity index is 596. The summed E-state index contributed by atoms with van der Waals surface area (Å²) in [6.45, 7) is 3.87. The third-order valence-electron chi connectivity index (χ3n) is 3.02. The van der Waals surface area contributed by atoms with E-state index in [-0.39, 0.29) is 18.2 Å². The number of benzene rings is 1. The molecule has 2 rings (SSSR count). The monoisotopic (exact) mass is 280 g/mol. The van der Waals surface area contributed by atoms with E-state index in [0.717, 1.165) is 23.7 Å². The Morgan fingerprint density at radius 3 is 2.89 bits per heavy atom. The Balaban J connectivity index is 2.05. The number of para-hydroxylation sites is 1. The fourth-order valence-electron chi connectivity index (χ4n) is 2.08. The molecule has 0 bridgehead atoms. The summed E-state index contributed by atoms with van der Waals surface area (Å²) >= 11 is 0. The number of sulfonamides is 1. The number of amides is 1. The third kappa shape index (κ3) is 2.96. The van der Waals surface area contributed by atoms with Crippen molar-refractivity contribution in [1.29, 1.82) is 0 Å². The second kappa shape index (κ2) is 5.44. The smallest absolute Gasteiger partial charge is 0.243 e. The van der Waals surface area contributed by atoms with Gasteiger partial charge in [0.1, 0.15) is 0 Å². The van der Waals surface area contributed by atoms with Crippen molar-refractivity contribution < 1.29 is 13.2 Å². The molecule has 0 saturated heterocycles. The highest BCUT2D eigenvalue weighted by Gasteiger charge is 2.28. The Hall–Kier alpha value is -1.82. The van der Waals surface area contributed by atoms with Crippen molar-refractivity contribution in [3.63, 3.8) is 0 Å². The van der Waals surface area contributed by atoms with Crippen LogP contribution in [-0.4, -0.2) is 33.2 Å². The fourth-order valence-corrected chi connectivity index (χ4v) is 3.51. The molecule has 0 aromatic heterocycles. The Labute approximate surface area is 113 Å². The van der Waals surface area contributed by atoms with Gasteiger partial charge in [0.05, 0.1) is 11.4 Å². The molecule has 0 unspecified atom stereocenters. The van der Waals surface area contributed by atoms with Gasteiger partial charge < -0.3 is 5.32 Å². The van der Waals surface area contributed by atoms with E-state index in [2.05, 4.69) is 11.9 Å². The minimum atomic E-state index is -3.39. The number of hydrogen-bond donors (Lipinski definition) is 1. The molecule has 1 N–H and O–H groups in total. The van der Waals surface area contributed by atoms with Crippen LogP contribution in [-0.2, 0) is 21.2 Å². The molecule has 6 heteroatoms. The van der Waals surface area contributed by atoms with Crippen LogP contribution in [0.3, 0.4) is 0 Å². The molecule has 19 heavy (non-hydrogen) atoms. The van der Waals surface area contributed by atoms with Crippen molar-refractivity contribution in [3.05, 3.63) is 42.5 Å². The van der Waals surface area contributed by atoms with Gasteiger partial charge in [0.15, 0.2) is 0 Å². The molecule has 1 aliphatic heterocycles. The number of nitrogens with zero attached hydrogens (tertiary/aromatic N) is 1. The average Bonchev–Trinajstić information content (AvgIpc) is 2.82. The van der Waals surface area contributed by atoms with Gasteiger partial charge in [0.2, 0.25) is 15.9 Å². The van der Waals surface area contributed by atoms with Crippen LogP contribution in [0.15, 0.2) is 36.9 Å². The standard InChI is InChI=1S/C13H16N2O3S/c1-2-13(16)14-8-10-19(17,18)15-9-7-11-5-3-4-6-12(11)15/h2-6H,1,7-10H2,(H,14,16). The Morgan fingerprint density at radius 2 is 2.16 bits per heavy atom. The molecule has 1 aromatic carbocycles. The van der Waals surface area contributed by atoms with Gasteiger partial charge in [-0.3, -0.25) is 9.10 Å². The van der Waals surface area contributed by atoms with Crippen molar-refractivity contribution in [2.24, 2.45) is 0 Å². The summed E-state index contributed by atoms with van der Waals surface area (Å²) in [6.07, 6.45) is 1.85. The molecular weight excluding hydrogens is 264 g/mol. The molecule has 1 amide bonds. The Morgan fingerprint density at radius 1 is 1.42 bits per heavy atom. The maximum atomic E-state index is 12.2. The number of nitrogens with one attached hydrogen (secondary N) is 1. The van der Waals surface area contributed by atoms with Crippen molar-refractivity contribution in [2.45, 2.75) is 6.42 Å². The van der Waals surface area contributed by atoms with Crippen molar-refractivity contribution >= 4 is 21.6 Å². The highest BCUT2D eigenvalue weighted by molar-refractivity contribution is 7.92. The van der Waals surface area contributed by atoms with E-state index in [0.29, 0.717) is 6.54 Å². The first-order valence-electron chi connectivity index (χ1n) is 6.03. The summed E-state index contributed by atoms with van der Waals surface area (Å²) in [6, 6.07) is 7.47. The van der Waals surface area contributed by atoms with E-state index >= 15 is 0 Å². The van der Waals surface area contributed by atoms with Crippen LogP contribution in [0, 0.1) is 0 Å². The maximum absolute atomic E-state index is 12.2. The minimum Gasteiger partial charge on any atom is -0.351 e. The quantitative estimate of drug-likeness (QED) is 0.807. The number of anilines is 1. The summed E-state index contributed by atoms with van der Waals surface area (Å²) in [5.74, 6) is -0.474. The summed E-state index contributed by atoms with van der Waals surface area (Å²) in [7, 11) is -3.39. The predicted octanol–water partition coefficient (Wildman–Crippen LogP) is 0.681. The molecule has 0 radical (unpaired) electrons. The van der Waals surface area contributed by atoms with Crippen LogP contribution in [0.2, 0.25) is 0 Å². The number of carbonyl (C=O) groups is 1. The lowest BCUT2D eigenvalue weighted by Crippen LogP contribution is -2.36. The van der Waals surface area contributed by atoms with Crippen LogP contribution in [0.25, 0.3) is 0 Å². The summed E-state index contributed by atoms with van der Waals surface area (Å²) < 4.78 is 25.8. The second-order valence-corrected chi connectivity index (χ2v) is 6.27. The number of rotatable bonds is 5. The molecule has 1 aliphatic rings. The molecule has 0 atom stereocenters. The van der Waals surface area contributed by atoms with Crippen LogP contribution in [0.5, 0.6) is 0 Å². The first-order chi connectivity index (χ1) is 9.04. The van der Waals surface area contributed by atoms with E-state index in [9.17, 15) is 13.2 Å². The van der Waals surface area contributed by atoms with Gasteiger partial charge in [-0.2, -0.15) is 0 Å². The lowest BCUT2D eigenvalue weighted by atomic mass is 10.2. The van der Waals surface area contributed by atoms with Crippen LogP contribution >= 0.6 is 0 Å². The lowest BCUT2D eigenvalue weighted by molar-refractivity contribution is -0.116. The number of carbonyl (C=O) groups excluding carboxylic acids is 1. The van der Waals surface area contributed by atoms with E-state index in [1.165, 1.54) is 4.31 Å². The highest BCUT2D eigenvalue weighted by Crippen LogP contribution is 2.29. The van der Waals surface area contributed by atoms with E-state index in [4.69, 9.17) is 0 Å². The van der Waals surface area contributed by atoms with Gasteiger partial charge >= 0.3 is 0 Å². The zero-order valence-electron chi connectivity index (χ0n) is 10.5. The molecule has 0 saturated carbocycles. The van der Waals surface area contributed by atoms with Gasteiger partial charge in [0.25, 0.3) is 0 Å². The zero-order chi connectivity index (χ0) is 13.9. The molecule has 0 spiro atoms. The maximum Gasteiger partial charge on any atom is 0.243 e. The van der Waals surface area contributed by atoms with Gasteiger partial charge in [-0.05, 0) is 24.1 Å². The third-order valence-corrected chi connectivity index (χ3v) is 4.80. The molecule has 0 aliphatic carbocycles. The van der Waals surface area contributed by atoms with Crippen molar-refractivity contribution in [2.75, 3.05) is 23.1 Å². The topological polar surface area (TPSA) is 66.5 Å². The van der Waals surface area contributed by atoms with E-state index < -0.39 is 10.0 Å². The van der Waals surface area contributed by atoms with Crippen LogP contribution in [0.4, 0.5) is 5.69 Å². The first kappa shape index (κ1) is 13.6. The largest absolute Gasteiger partial charge is 0.351 e. The SMILES string of the molecule is C=CC(=O)NCCS(=O)(=O)N1CCc2ccccc21. The average molecular weight is 280 g/mol. The van der Waals surface area contributed by atoms with Crippen molar-refractivity contribution in [1.82, 2.24) is 5.32 Å². The van der Waals surface area contributed by atoms with Gasteiger partial charge in [-0.1, -0.05) is 24.8 Å². The first-order valence-corrected chi connectivity index (χ1v) is 7.64. The van der Waals surface area contributed by atoms with Gasteiger partial charge in [0, 0.05) is 13.1 Å². The normalized spacial score (nSPS) is 14.0. The van der Waals surface area contributed by atoms with E-state index in [1.54, 1.807) is 0 Å². The number of hydrogen-bond acceptors (Lipinski definition) is 3. The zero-order valence-corrected chi connectivity index (χ0v) is 11.3. The van der Waals surface area contributed by atoms with E-state index in [1.807, 2.05) is 24.3 Å². The molecule has 1 aromatic rings. The molecule has 5 nitrogen and oxygen atoms in total. The minimum absolute atomic E-state index is 0.0891.